The minimum absolute atomic E-state index is 0.599. The third-order valence-corrected chi connectivity index (χ3v) is 4.97. The molecule has 7 heteroatoms. The zero-order chi connectivity index (χ0) is 15.4. The van der Waals surface area contributed by atoms with Gasteiger partial charge in [0.15, 0.2) is 11.0 Å². The van der Waals surface area contributed by atoms with E-state index in [0.29, 0.717) is 17.5 Å². The molecule has 1 N–H and O–H groups in total. The Balaban J connectivity index is 1.85. The van der Waals surface area contributed by atoms with Gasteiger partial charge in [-0.15, -0.1) is 10.2 Å². The Kier molecular flexibility index (Phi) is 5.36. The number of ether oxygens (including phenoxy) is 1. The van der Waals surface area contributed by atoms with Crippen LogP contribution in [0, 0.1) is 5.92 Å². The van der Waals surface area contributed by atoms with E-state index in [9.17, 15) is 0 Å². The second-order valence-corrected chi connectivity index (χ2v) is 6.71. The molecule has 1 saturated heterocycles. The maximum atomic E-state index is 6.13. The van der Waals surface area contributed by atoms with E-state index >= 15 is 0 Å². The molecular weight excluding hydrogens is 320 g/mol. The number of nitrogens with one attached hydrogen (secondary N) is 1. The van der Waals surface area contributed by atoms with Crippen molar-refractivity contribution in [3.63, 3.8) is 0 Å². The van der Waals surface area contributed by atoms with E-state index in [4.69, 9.17) is 16.3 Å². The van der Waals surface area contributed by atoms with E-state index in [0.717, 1.165) is 42.1 Å². The normalized spacial score (nSPS) is 18.0. The molecule has 118 valence electrons. The summed E-state index contributed by atoms with van der Waals surface area (Å²) >= 11 is 7.86. The average Bonchev–Trinajstić information content (AvgIpc) is 3.15. The van der Waals surface area contributed by atoms with Gasteiger partial charge in [0.25, 0.3) is 0 Å². The van der Waals surface area contributed by atoms with Crippen LogP contribution in [0.15, 0.2) is 29.4 Å². The SMILES string of the molecule is CNCc1nnc(SC[C@@H]2CCOC2)n1-c1cccc(Cl)c1. The number of rotatable bonds is 6. The summed E-state index contributed by atoms with van der Waals surface area (Å²) in [6.45, 7) is 2.38. The van der Waals surface area contributed by atoms with Crippen LogP contribution < -0.4 is 5.32 Å². The molecule has 22 heavy (non-hydrogen) atoms. The van der Waals surface area contributed by atoms with Crippen molar-refractivity contribution < 1.29 is 4.74 Å². The van der Waals surface area contributed by atoms with Gasteiger partial charge in [0.05, 0.1) is 18.8 Å². The molecule has 0 unspecified atom stereocenters. The molecule has 1 fully saturated rings. The maximum absolute atomic E-state index is 6.13. The van der Waals surface area contributed by atoms with Gasteiger partial charge in [-0.05, 0) is 37.6 Å². The molecule has 2 heterocycles. The van der Waals surface area contributed by atoms with Crippen molar-refractivity contribution in [1.29, 1.82) is 0 Å². The quantitative estimate of drug-likeness (QED) is 0.821. The molecule has 0 bridgehead atoms. The van der Waals surface area contributed by atoms with Gasteiger partial charge in [-0.1, -0.05) is 29.4 Å². The molecule has 0 aliphatic carbocycles. The van der Waals surface area contributed by atoms with Crippen LogP contribution in [0.5, 0.6) is 0 Å². The van der Waals surface area contributed by atoms with Gasteiger partial charge in [-0.2, -0.15) is 0 Å². The fraction of sp³-hybridized carbons (Fsp3) is 0.467. The van der Waals surface area contributed by atoms with Crippen molar-refractivity contribution in [2.24, 2.45) is 5.92 Å². The standard InChI is InChI=1S/C15H19ClN4OS/c1-17-8-14-18-19-15(22-10-11-5-6-21-9-11)20(14)13-4-2-3-12(16)7-13/h2-4,7,11,17H,5-6,8-10H2,1H3/t11-/m1/s1. The molecular formula is C15H19ClN4OS. The van der Waals surface area contributed by atoms with Crippen molar-refractivity contribution in [1.82, 2.24) is 20.1 Å². The summed E-state index contributed by atoms with van der Waals surface area (Å²) in [4.78, 5) is 0. The Bertz CT molecular complexity index is 628. The predicted octanol–water partition coefficient (Wildman–Crippen LogP) is 2.77. The van der Waals surface area contributed by atoms with Crippen LogP contribution >= 0.6 is 23.4 Å². The fourth-order valence-corrected chi connectivity index (χ4v) is 3.72. The molecule has 5 nitrogen and oxygen atoms in total. The van der Waals surface area contributed by atoms with Gasteiger partial charge in [0, 0.05) is 17.4 Å². The summed E-state index contributed by atoms with van der Waals surface area (Å²) in [7, 11) is 1.90. The van der Waals surface area contributed by atoms with Crippen LogP contribution in [0.2, 0.25) is 5.02 Å². The van der Waals surface area contributed by atoms with Gasteiger partial charge >= 0.3 is 0 Å². The van der Waals surface area contributed by atoms with Gasteiger partial charge in [-0.3, -0.25) is 4.57 Å². The second kappa shape index (κ2) is 7.46. The number of hydrogen-bond donors (Lipinski definition) is 1. The Hall–Kier alpha value is -1.08. The summed E-state index contributed by atoms with van der Waals surface area (Å²) in [6, 6.07) is 7.78. The summed E-state index contributed by atoms with van der Waals surface area (Å²) < 4.78 is 7.51. The van der Waals surface area contributed by atoms with E-state index in [2.05, 4.69) is 20.1 Å². The number of aromatic nitrogens is 3. The van der Waals surface area contributed by atoms with Gasteiger partial charge in [-0.25, -0.2) is 0 Å². The molecule has 0 radical (unpaired) electrons. The van der Waals surface area contributed by atoms with Crippen molar-refractivity contribution >= 4 is 23.4 Å². The highest BCUT2D eigenvalue weighted by molar-refractivity contribution is 7.99. The van der Waals surface area contributed by atoms with Crippen molar-refractivity contribution in [2.45, 2.75) is 18.1 Å². The Labute approximate surface area is 139 Å². The number of benzene rings is 1. The van der Waals surface area contributed by atoms with E-state index in [1.165, 1.54) is 0 Å². The lowest BCUT2D eigenvalue weighted by atomic mass is 10.2. The molecule has 1 aromatic heterocycles. The third kappa shape index (κ3) is 3.63. The predicted molar refractivity (Wildman–Crippen MR) is 88.8 cm³/mol. The van der Waals surface area contributed by atoms with Crippen LogP contribution in [0.3, 0.4) is 0 Å². The first kappa shape index (κ1) is 15.8. The second-order valence-electron chi connectivity index (χ2n) is 5.29. The summed E-state index contributed by atoms with van der Waals surface area (Å²) in [5, 5.41) is 13.4. The molecule has 3 rings (SSSR count). The fourth-order valence-electron chi connectivity index (χ4n) is 2.45. The first-order chi connectivity index (χ1) is 10.8. The lowest BCUT2D eigenvalue weighted by Gasteiger charge is -2.11. The molecule has 1 aromatic carbocycles. The summed E-state index contributed by atoms with van der Waals surface area (Å²) in [5.74, 6) is 2.48. The number of halogens is 1. The van der Waals surface area contributed by atoms with E-state index in [1.807, 2.05) is 31.3 Å². The van der Waals surface area contributed by atoms with Crippen molar-refractivity contribution in [2.75, 3.05) is 26.0 Å². The topological polar surface area (TPSA) is 52.0 Å². The lowest BCUT2D eigenvalue weighted by Crippen LogP contribution is -2.12. The van der Waals surface area contributed by atoms with E-state index in [1.54, 1.807) is 11.8 Å². The van der Waals surface area contributed by atoms with Crippen molar-refractivity contribution in [3.05, 3.63) is 35.1 Å². The van der Waals surface area contributed by atoms with Gasteiger partial charge < -0.3 is 10.1 Å². The minimum Gasteiger partial charge on any atom is -0.381 e. The van der Waals surface area contributed by atoms with E-state index < -0.39 is 0 Å². The number of nitrogens with zero attached hydrogens (tertiary/aromatic N) is 3. The van der Waals surface area contributed by atoms with Crippen LogP contribution in [0.4, 0.5) is 0 Å². The molecule has 1 aliphatic rings. The van der Waals surface area contributed by atoms with Crippen LogP contribution in [-0.2, 0) is 11.3 Å². The van der Waals surface area contributed by atoms with Crippen LogP contribution in [-0.4, -0.2) is 40.8 Å². The molecule has 2 aromatic rings. The summed E-state index contributed by atoms with van der Waals surface area (Å²) in [6.07, 6.45) is 1.13. The third-order valence-electron chi connectivity index (χ3n) is 3.57. The highest BCUT2D eigenvalue weighted by Gasteiger charge is 2.19. The monoisotopic (exact) mass is 338 g/mol. The minimum atomic E-state index is 0.599. The Morgan fingerprint density at radius 2 is 2.36 bits per heavy atom. The van der Waals surface area contributed by atoms with Crippen LogP contribution in [0.25, 0.3) is 5.69 Å². The van der Waals surface area contributed by atoms with E-state index in [-0.39, 0.29) is 0 Å². The Morgan fingerprint density at radius 1 is 1.45 bits per heavy atom. The molecule has 1 aliphatic heterocycles. The first-order valence-electron chi connectivity index (χ1n) is 7.33. The smallest absolute Gasteiger partial charge is 0.195 e. The van der Waals surface area contributed by atoms with Crippen molar-refractivity contribution in [3.8, 4) is 5.69 Å². The number of thioether (sulfide) groups is 1. The summed E-state index contributed by atoms with van der Waals surface area (Å²) in [5.41, 5.74) is 0.993. The molecule has 0 spiro atoms. The highest BCUT2D eigenvalue weighted by Crippen LogP contribution is 2.27. The first-order valence-corrected chi connectivity index (χ1v) is 8.69. The van der Waals surface area contributed by atoms with Gasteiger partial charge in [0.2, 0.25) is 0 Å². The zero-order valence-electron chi connectivity index (χ0n) is 12.5. The number of hydrogen-bond acceptors (Lipinski definition) is 5. The molecule has 1 atom stereocenters. The lowest BCUT2D eigenvalue weighted by molar-refractivity contribution is 0.189. The average molecular weight is 339 g/mol. The largest absolute Gasteiger partial charge is 0.381 e. The highest BCUT2D eigenvalue weighted by atomic mass is 35.5. The van der Waals surface area contributed by atoms with Gasteiger partial charge in [0.1, 0.15) is 0 Å². The van der Waals surface area contributed by atoms with Crippen LogP contribution in [0.1, 0.15) is 12.2 Å². The Morgan fingerprint density at radius 3 is 3.09 bits per heavy atom. The zero-order valence-corrected chi connectivity index (χ0v) is 14.0. The molecule has 0 amide bonds. The maximum Gasteiger partial charge on any atom is 0.195 e. The molecule has 0 saturated carbocycles.